The number of oxime groups is 1. The van der Waals surface area contributed by atoms with E-state index < -0.39 is 0 Å². The first-order valence-electron chi connectivity index (χ1n) is 6.06. The average Bonchev–Trinajstić information content (AvgIpc) is 2.51. The Hall–Kier alpha value is -3.15. The molecule has 6 nitrogen and oxygen atoms in total. The minimum Gasteiger partial charge on any atom is -0.504 e. The van der Waals surface area contributed by atoms with Crippen molar-refractivity contribution >= 4 is 18.1 Å². The topological polar surface area (TPSA) is 97.8 Å². The Morgan fingerprint density at radius 3 is 2.38 bits per heavy atom. The number of phenols is 2. The summed E-state index contributed by atoms with van der Waals surface area (Å²) < 4.78 is 0. The zero-order valence-corrected chi connectivity index (χ0v) is 11.0. The van der Waals surface area contributed by atoms with Crippen molar-refractivity contribution in [1.82, 2.24) is 0 Å². The van der Waals surface area contributed by atoms with Crippen molar-refractivity contribution in [2.75, 3.05) is 0 Å². The van der Waals surface area contributed by atoms with Crippen molar-refractivity contribution in [2.45, 2.75) is 0 Å². The summed E-state index contributed by atoms with van der Waals surface area (Å²) in [6.45, 7) is 0. The third-order valence-corrected chi connectivity index (χ3v) is 2.62. The zero-order chi connectivity index (χ0) is 15.1. The Morgan fingerprint density at radius 2 is 1.71 bits per heavy atom. The summed E-state index contributed by atoms with van der Waals surface area (Å²) >= 11 is 0. The van der Waals surface area contributed by atoms with Gasteiger partial charge in [0, 0.05) is 5.56 Å². The first-order valence-corrected chi connectivity index (χ1v) is 6.06. The van der Waals surface area contributed by atoms with Crippen LogP contribution in [0.3, 0.4) is 0 Å². The molecule has 0 aliphatic heterocycles. The van der Waals surface area contributed by atoms with Crippen molar-refractivity contribution in [3.05, 3.63) is 59.7 Å². The van der Waals surface area contributed by atoms with Gasteiger partial charge in [0.15, 0.2) is 11.5 Å². The van der Waals surface area contributed by atoms with Crippen LogP contribution in [0.25, 0.3) is 0 Å². The molecule has 0 saturated carbocycles. The molecule has 2 aromatic rings. The third kappa shape index (κ3) is 3.90. The molecule has 0 amide bonds. The summed E-state index contributed by atoms with van der Waals surface area (Å²) in [4.78, 5) is 0. The summed E-state index contributed by atoms with van der Waals surface area (Å²) in [5.41, 5.74) is 1.71. The molecule has 106 valence electrons. The molecule has 2 aromatic carbocycles. The van der Waals surface area contributed by atoms with Gasteiger partial charge in [0.25, 0.3) is 0 Å². The highest BCUT2D eigenvalue weighted by molar-refractivity contribution is 6.38. The average molecular weight is 283 g/mol. The van der Waals surface area contributed by atoms with Gasteiger partial charge < -0.3 is 15.4 Å². The number of nitrogens with zero attached hydrogens (tertiary/aromatic N) is 3. The molecule has 0 spiro atoms. The van der Waals surface area contributed by atoms with E-state index in [2.05, 4.69) is 15.4 Å². The monoisotopic (exact) mass is 283 g/mol. The molecule has 0 bridgehead atoms. The first-order chi connectivity index (χ1) is 10.2. The lowest BCUT2D eigenvalue weighted by Crippen LogP contribution is -2.01. The summed E-state index contributed by atoms with van der Waals surface area (Å²) in [6.07, 6.45) is 2.59. The summed E-state index contributed by atoms with van der Waals surface area (Å²) in [6, 6.07) is 13.4. The van der Waals surface area contributed by atoms with E-state index in [1.54, 1.807) is 6.07 Å². The van der Waals surface area contributed by atoms with E-state index in [0.29, 0.717) is 11.3 Å². The van der Waals surface area contributed by atoms with E-state index in [4.69, 9.17) is 5.21 Å². The van der Waals surface area contributed by atoms with Gasteiger partial charge in [0.1, 0.15) is 5.71 Å². The molecule has 21 heavy (non-hydrogen) atoms. The van der Waals surface area contributed by atoms with E-state index in [9.17, 15) is 10.2 Å². The van der Waals surface area contributed by atoms with Crippen LogP contribution in [-0.2, 0) is 0 Å². The van der Waals surface area contributed by atoms with Crippen LogP contribution in [-0.4, -0.2) is 33.6 Å². The van der Waals surface area contributed by atoms with Gasteiger partial charge in [-0.3, -0.25) is 0 Å². The van der Waals surface area contributed by atoms with Crippen molar-refractivity contribution in [3.8, 4) is 11.5 Å². The maximum Gasteiger partial charge on any atom is 0.158 e. The summed E-state index contributed by atoms with van der Waals surface area (Å²) in [7, 11) is 0. The van der Waals surface area contributed by atoms with Crippen LogP contribution in [0.15, 0.2) is 63.9 Å². The molecule has 0 heterocycles. The standard InChI is InChI=1S/C15H13N3O3/c19-14-7-6-11(8-15(14)20)9-16-18-13(10-17-21)12-4-2-1-3-5-12/h1-10,19-21H/b16-9+,17-10+,18-13+. The minimum atomic E-state index is -0.233. The second-order valence-corrected chi connectivity index (χ2v) is 4.09. The predicted octanol–water partition coefficient (Wildman–Crippen LogP) is 2.38. The van der Waals surface area contributed by atoms with Crippen LogP contribution in [0, 0.1) is 0 Å². The Bertz CT molecular complexity index is 695. The summed E-state index contributed by atoms with van der Waals surface area (Å²) in [5.74, 6) is -0.434. The van der Waals surface area contributed by atoms with Crippen LogP contribution in [0.4, 0.5) is 0 Å². The zero-order valence-electron chi connectivity index (χ0n) is 11.0. The molecule has 0 unspecified atom stereocenters. The first kappa shape index (κ1) is 14.3. The highest BCUT2D eigenvalue weighted by Gasteiger charge is 2.00. The highest BCUT2D eigenvalue weighted by atomic mass is 16.4. The molecule has 0 atom stereocenters. The Labute approximate surface area is 121 Å². The molecule has 0 radical (unpaired) electrons. The minimum absolute atomic E-state index is 0.201. The van der Waals surface area contributed by atoms with Crippen molar-refractivity contribution in [3.63, 3.8) is 0 Å². The third-order valence-electron chi connectivity index (χ3n) is 2.62. The lowest BCUT2D eigenvalue weighted by atomic mass is 10.1. The quantitative estimate of drug-likeness (QED) is 0.348. The van der Waals surface area contributed by atoms with Gasteiger partial charge in [-0.25, -0.2) is 0 Å². The maximum atomic E-state index is 9.37. The SMILES string of the molecule is O/N=C/C(=N\N=C\c1ccc(O)c(O)c1)c1ccccc1. The van der Waals surface area contributed by atoms with E-state index >= 15 is 0 Å². The number of hydrogen-bond acceptors (Lipinski definition) is 6. The highest BCUT2D eigenvalue weighted by Crippen LogP contribution is 2.23. The second kappa shape index (κ2) is 6.85. The molecule has 0 saturated heterocycles. The number of hydrogen-bond donors (Lipinski definition) is 3. The Kier molecular flexibility index (Phi) is 4.66. The van der Waals surface area contributed by atoms with Gasteiger partial charge in [-0.2, -0.15) is 5.10 Å². The molecule has 0 aliphatic carbocycles. The molecular weight excluding hydrogens is 270 g/mol. The van der Waals surface area contributed by atoms with Crippen molar-refractivity contribution in [2.24, 2.45) is 15.4 Å². The van der Waals surface area contributed by atoms with E-state index in [1.165, 1.54) is 24.6 Å². The van der Waals surface area contributed by atoms with Crippen LogP contribution in [0.2, 0.25) is 0 Å². The fraction of sp³-hybridized carbons (Fsp3) is 0. The van der Waals surface area contributed by atoms with Gasteiger partial charge >= 0.3 is 0 Å². The molecule has 6 heteroatoms. The number of aromatic hydroxyl groups is 2. The molecule has 0 aromatic heterocycles. The van der Waals surface area contributed by atoms with E-state index in [0.717, 1.165) is 5.56 Å². The van der Waals surface area contributed by atoms with Crippen LogP contribution < -0.4 is 0 Å². The van der Waals surface area contributed by atoms with Crippen molar-refractivity contribution < 1.29 is 15.4 Å². The van der Waals surface area contributed by atoms with Crippen molar-refractivity contribution in [1.29, 1.82) is 0 Å². The van der Waals surface area contributed by atoms with Crippen LogP contribution in [0.1, 0.15) is 11.1 Å². The molecular formula is C15H13N3O3. The molecule has 0 fully saturated rings. The maximum absolute atomic E-state index is 9.37. The Morgan fingerprint density at radius 1 is 0.952 bits per heavy atom. The smallest absolute Gasteiger partial charge is 0.158 e. The second-order valence-electron chi connectivity index (χ2n) is 4.09. The van der Waals surface area contributed by atoms with Gasteiger partial charge in [-0.15, -0.1) is 5.10 Å². The van der Waals surface area contributed by atoms with Crippen LogP contribution in [0.5, 0.6) is 11.5 Å². The number of benzene rings is 2. The summed E-state index contributed by atoms with van der Waals surface area (Å²) in [5, 5.41) is 38.0. The van der Waals surface area contributed by atoms with Crippen LogP contribution >= 0.6 is 0 Å². The largest absolute Gasteiger partial charge is 0.504 e. The molecule has 3 N–H and O–H groups in total. The normalized spacial score (nSPS) is 12.3. The fourth-order valence-electron chi connectivity index (χ4n) is 1.60. The van der Waals surface area contributed by atoms with Gasteiger partial charge in [-0.05, 0) is 23.8 Å². The molecule has 2 rings (SSSR count). The van der Waals surface area contributed by atoms with E-state index in [-0.39, 0.29) is 11.5 Å². The Balaban J connectivity index is 2.23. The van der Waals surface area contributed by atoms with E-state index in [1.807, 2.05) is 30.3 Å². The van der Waals surface area contributed by atoms with Gasteiger partial charge in [-0.1, -0.05) is 35.5 Å². The molecule has 0 aliphatic rings. The predicted molar refractivity (Wildman–Crippen MR) is 80.6 cm³/mol. The lowest BCUT2D eigenvalue weighted by molar-refractivity contribution is 0.322. The fourth-order valence-corrected chi connectivity index (χ4v) is 1.60. The lowest BCUT2D eigenvalue weighted by Gasteiger charge is -1.98. The van der Waals surface area contributed by atoms with Gasteiger partial charge in [0.05, 0.1) is 12.4 Å². The number of rotatable bonds is 4. The van der Waals surface area contributed by atoms with Gasteiger partial charge in [0.2, 0.25) is 0 Å². The number of phenolic OH excluding ortho intramolecular Hbond substituents is 2.